The summed E-state index contributed by atoms with van der Waals surface area (Å²) in [6.07, 6.45) is 4.44. The van der Waals surface area contributed by atoms with Gasteiger partial charge in [0.1, 0.15) is 0 Å². The number of carboxylic acids is 3. The summed E-state index contributed by atoms with van der Waals surface area (Å²) in [6.45, 7) is 0. The SMILES string of the molecule is N=C=CC=CCCCC(CC(=O)O)(CC(=O)O)CC(=O)O. The first-order valence-corrected chi connectivity index (χ1v) is 6.37. The summed E-state index contributed by atoms with van der Waals surface area (Å²) in [7, 11) is 0. The van der Waals surface area contributed by atoms with Crippen molar-refractivity contribution in [2.24, 2.45) is 5.41 Å². The lowest BCUT2D eigenvalue weighted by Crippen LogP contribution is -2.30. The Labute approximate surface area is 122 Å². The number of allylic oxidation sites excluding steroid dienone is 3. The Bertz CT molecular complexity index is 421. The molecule has 0 rings (SSSR count). The molecule has 7 heteroatoms. The van der Waals surface area contributed by atoms with Crippen molar-refractivity contribution in [1.82, 2.24) is 0 Å². The molecular formula is C14H19NO6. The minimum Gasteiger partial charge on any atom is -0.481 e. The Morgan fingerprint density at radius 1 is 1.00 bits per heavy atom. The lowest BCUT2D eigenvalue weighted by molar-refractivity contribution is -0.147. The van der Waals surface area contributed by atoms with Gasteiger partial charge in [0.25, 0.3) is 0 Å². The van der Waals surface area contributed by atoms with Crippen LogP contribution in [-0.2, 0) is 14.4 Å². The van der Waals surface area contributed by atoms with Crippen LogP contribution < -0.4 is 0 Å². The van der Waals surface area contributed by atoms with Gasteiger partial charge in [-0.25, -0.2) is 0 Å². The molecule has 0 aliphatic rings. The molecule has 0 aromatic heterocycles. The standard InChI is InChI=1S/C14H19NO6/c15-7-5-3-1-2-4-6-14(8-11(16)17,9-12(18)19)10-13(20)21/h1,3,5,15H,2,4,6,8-10H2,(H,16,17)(H,18,19)(H,20,21). The zero-order valence-electron chi connectivity index (χ0n) is 11.5. The van der Waals surface area contributed by atoms with Gasteiger partial charge in [-0.05, 0) is 31.2 Å². The van der Waals surface area contributed by atoms with Crippen LogP contribution in [0.1, 0.15) is 38.5 Å². The van der Waals surface area contributed by atoms with Gasteiger partial charge in [-0.3, -0.25) is 19.8 Å². The summed E-state index contributed by atoms with van der Waals surface area (Å²) in [4.78, 5) is 32.8. The van der Waals surface area contributed by atoms with Crippen LogP contribution in [-0.4, -0.2) is 39.1 Å². The number of hydrogen-bond acceptors (Lipinski definition) is 4. The summed E-state index contributed by atoms with van der Waals surface area (Å²) >= 11 is 0. The van der Waals surface area contributed by atoms with E-state index in [1.807, 2.05) is 0 Å². The minimum atomic E-state index is -1.28. The van der Waals surface area contributed by atoms with Crippen molar-refractivity contribution in [3.63, 3.8) is 0 Å². The van der Waals surface area contributed by atoms with E-state index in [9.17, 15) is 14.4 Å². The van der Waals surface area contributed by atoms with E-state index in [1.165, 1.54) is 6.08 Å². The fraction of sp³-hybridized carbons (Fsp3) is 0.500. The zero-order chi connectivity index (χ0) is 16.3. The van der Waals surface area contributed by atoms with Gasteiger partial charge in [-0.15, -0.1) is 0 Å². The van der Waals surface area contributed by atoms with Crippen LogP contribution >= 0.6 is 0 Å². The van der Waals surface area contributed by atoms with E-state index in [1.54, 1.807) is 12.2 Å². The van der Waals surface area contributed by atoms with E-state index in [4.69, 9.17) is 20.7 Å². The molecule has 0 amide bonds. The highest BCUT2D eigenvalue weighted by molar-refractivity contribution is 5.75. The highest BCUT2D eigenvalue weighted by Gasteiger charge is 2.37. The zero-order valence-corrected chi connectivity index (χ0v) is 11.5. The molecule has 21 heavy (non-hydrogen) atoms. The fourth-order valence-electron chi connectivity index (χ4n) is 2.22. The van der Waals surface area contributed by atoms with Gasteiger partial charge in [0.05, 0.1) is 19.3 Å². The fourth-order valence-corrected chi connectivity index (χ4v) is 2.22. The van der Waals surface area contributed by atoms with Crippen LogP contribution in [0.5, 0.6) is 0 Å². The predicted molar refractivity (Wildman–Crippen MR) is 74.5 cm³/mol. The molecule has 0 aliphatic heterocycles. The lowest BCUT2D eigenvalue weighted by Gasteiger charge is -2.29. The summed E-state index contributed by atoms with van der Waals surface area (Å²) in [5.74, 6) is -1.57. The normalized spacial score (nSPS) is 11.0. The quantitative estimate of drug-likeness (QED) is 0.261. The average molecular weight is 297 g/mol. The van der Waals surface area contributed by atoms with Crippen molar-refractivity contribution >= 4 is 23.8 Å². The molecule has 0 aromatic rings. The van der Waals surface area contributed by atoms with E-state index in [-0.39, 0.29) is 6.42 Å². The van der Waals surface area contributed by atoms with E-state index < -0.39 is 42.6 Å². The third kappa shape index (κ3) is 9.18. The Kier molecular flexibility index (Phi) is 8.41. The second-order valence-corrected chi connectivity index (χ2v) is 4.84. The Morgan fingerprint density at radius 2 is 1.48 bits per heavy atom. The van der Waals surface area contributed by atoms with E-state index in [0.29, 0.717) is 12.8 Å². The average Bonchev–Trinajstić information content (AvgIpc) is 2.30. The van der Waals surface area contributed by atoms with Crippen molar-refractivity contribution in [3.8, 4) is 0 Å². The smallest absolute Gasteiger partial charge is 0.303 e. The van der Waals surface area contributed by atoms with Gasteiger partial charge in [-0.2, -0.15) is 0 Å². The van der Waals surface area contributed by atoms with Gasteiger partial charge >= 0.3 is 17.9 Å². The third-order valence-corrected chi connectivity index (χ3v) is 2.97. The molecule has 0 aliphatic carbocycles. The summed E-state index contributed by atoms with van der Waals surface area (Å²) in [5.41, 5.74) is -1.28. The van der Waals surface area contributed by atoms with Gasteiger partial charge < -0.3 is 15.3 Å². The van der Waals surface area contributed by atoms with Crippen LogP contribution in [0.25, 0.3) is 0 Å². The molecule has 0 spiro atoms. The van der Waals surface area contributed by atoms with Gasteiger partial charge in [0.2, 0.25) is 0 Å². The summed E-state index contributed by atoms with van der Waals surface area (Å²) in [6, 6.07) is 0. The first kappa shape index (κ1) is 18.6. The number of carbonyl (C=O) groups is 3. The lowest BCUT2D eigenvalue weighted by atomic mass is 9.74. The van der Waals surface area contributed by atoms with E-state index in [2.05, 4.69) is 5.87 Å². The van der Waals surface area contributed by atoms with Gasteiger partial charge in [-0.1, -0.05) is 12.2 Å². The monoisotopic (exact) mass is 297 g/mol. The second-order valence-electron chi connectivity index (χ2n) is 4.84. The maximum Gasteiger partial charge on any atom is 0.303 e. The van der Waals surface area contributed by atoms with Gasteiger partial charge in [0.15, 0.2) is 0 Å². The first-order valence-electron chi connectivity index (χ1n) is 6.37. The van der Waals surface area contributed by atoms with Crippen molar-refractivity contribution in [3.05, 3.63) is 18.2 Å². The van der Waals surface area contributed by atoms with Crippen LogP contribution in [0.4, 0.5) is 0 Å². The highest BCUT2D eigenvalue weighted by atomic mass is 16.4. The molecule has 4 N–H and O–H groups in total. The predicted octanol–water partition coefficient (Wildman–Crippen LogP) is 1.93. The van der Waals surface area contributed by atoms with Crippen LogP contribution in [0, 0.1) is 10.8 Å². The van der Waals surface area contributed by atoms with E-state index in [0.717, 1.165) is 0 Å². The summed E-state index contributed by atoms with van der Waals surface area (Å²) < 4.78 is 0. The third-order valence-electron chi connectivity index (χ3n) is 2.97. The molecule has 0 saturated heterocycles. The maximum atomic E-state index is 10.9. The van der Waals surface area contributed by atoms with Crippen LogP contribution in [0.2, 0.25) is 0 Å². The number of rotatable bonds is 11. The summed E-state index contributed by atoms with van der Waals surface area (Å²) in [5, 5.41) is 33.4. The highest BCUT2D eigenvalue weighted by Crippen LogP contribution is 2.37. The molecule has 0 unspecified atom stereocenters. The molecule has 116 valence electrons. The Morgan fingerprint density at radius 3 is 1.86 bits per heavy atom. The molecule has 7 nitrogen and oxygen atoms in total. The van der Waals surface area contributed by atoms with Crippen LogP contribution in [0.3, 0.4) is 0 Å². The van der Waals surface area contributed by atoms with Gasteiger partial charge in [0, 0.05) is 5.41 Å². The molecule has 0 atom stereocenters. The van der Waals surface area contributed by atoms with Crippen LogP contribution in [0.15, 0.2) is 18.2 Å². The number of nitrogens with one attached hydrogen (secondary N) is 1. The second kappa shape index (κ2) is 9.50. The van der Waals surface area contributed by atoms with Crippen molar-refractivity contribution in [1.29, 1.82) is 5.41 Å². The number of aliphatic carboxylic acids is 3. The molecule has 0 fully saturated rings. The van der Waals surface area contributed by atoms with E-state index >= 15 is 0 Å². The Balaban J connectivity index is 4.88. The topological polar surface area (TPSA) is 136 Å². The number of unbranched alkanes of at least 4 members (excludes halogenated alkanes) is 1. The number of carboxylic acid groups (broad SMARTS) is 3. The molecule has 0 aromatic carbocycles. The van der Waals surface area contributed by atoms with Crippen molar-refractivity contribution in [2.45, 2.75) is 38.5 Å². The molecule has 0 bridgehead atoms. The minimum absolute atomic E-state index is 0.191. The molecule has 0 radical (unpaired) electrons. The van der Waals surface area contributed by atoms with Crippen molar-refractivity contribution in [2.75, 3.05) is 0 Å². The Hall–Kier alpha value is -2.40. The molecular weight excluding hydrogens is 278 g/mol. The maximum absolute atomic E-state index is 10.9. The molecule has 0 saturated carbocycles. The first-order chi connectivity index (χ1) is 9.81. The number of hydrogen-bond donors (Lipinski definition) is 4. The molecule has 0 heterocycles. The van der Waals surface area contributed by atoms with Crippen molar-refractivity contribution < 1.29 is 29.7 Å². The largest absolute Gasteiger partial charge is 0.481 e.